The van der Waals surface area contributed by atoms with E-state index < -0.39 is 33.3 Å². The summed E-state index contributed by atoms with van der Waals surface area (Å²) in [5.74, 6) is -1.56. The Balaban J connectivity index is 2.29. The van der Waals surface area contributed by atoms with Crippen molar-refractivity contribution in [3.05, 3.63) is 16.6 Å². The van der Waals surface area contributed by atoms with Gasteiger partial charge in [0.1, 0.15) is 11.4 Å². The van der Waals surface area contributed by atoms with Crippen molar-refractivity contribution in [3.63, 3.8) is 0 Å². The van der Waals surface area contributed by atoms with Gasteiger partial charge >= 0.3 is 5.97 Å². The molecule has 3 atom stereocenters. The molecule has 2 heterocycles. The number of nitrogens with zero attached hydrogens (tertiary/aromatic N) is 1. The first-order chi connectivity index (χ1) is 7.89. The van der Waals surface area contributed by atoms with Crippen LogP contribution in [0, 0.1) is 0 Å². The third kappa shape index (κ3) is 2.46. The van der Waals surface area contributed by atoms with Crippen LogP contribution >= 0.6 is 11.3 Å². The predicted molar refractivity (Wildman–Crippen MR) is 60.9 cm³/mol. The van der Waals surface area contributed by atoms with Crippen LogP contribution < -0.4 is 10.5 Å². The lowest BCUT2D eigenvalue weighted by Gasteiger charge is -2.11. The number of thiazole rings is 1. The smallest absolute Gasteiger partial charge is 0.321 e. The van der Waals surface area contributed by atoms with Gasteiger partial charge in [0.25, 0.3) is 0 Å². The van der Waals surface area contributed by atoms with Crippen LogP contribution in [-0.2, 0) is 14.8 Å². The summed E-state index contributed by atoms with van der Waals surface area (Å²) >= 11 is 1.30. The van der Waals surface area contributed by atoms with E-state index in [4.69, 9.17) is 10.2 Å². The summed E-state index contributed by atoms with van der Waals surface area (Å²) in [6, 6.07) is -0.968. The first-order valence-corrected chi connectivity index (χ1v) is 7.28. The van der Waals surface area contributed by atoms with Crippen molar-refractivity contribution in [2.45, 2.75) is 23.8 Å². The molecule has 0 saturated carbocycles. The number of rotatable bonds is 3. The largest absolute Gasteiger partial charge is 0.480 e. The van der Waals surface area contributed by atoms with Crippen molar-refractivity contribution in [2.24, 2.45) is 5.14 Å². The predicted octanol–water partition coefficient (Wildman–Crippen LogP) is -0.712. The van der Waals surface area contributed by atoms with E-state index in [1.165, 1.54) is 11.3 Å². The second-order valence-corrected chi connectivity index (χ2v) is 6.45. The average molecular weight is 277 g/mol. The summed E-state index contributed by atoms with van der Waals surface area (Å²) < 4.78 is 22.4. The van der Waals surface area contributed by atoms with E-state index in [0.717, 1.165) is 0 Å². The maximum Gasteiger partial charge on any atom is 0.321 e. The zero-order valence-corrected chi connectivity index (χ0v) is 10.2. The molecule has 0 aliphatic carbocycles. The molecule has 1 aromatic heterocycles. The standard InChI is InChI=1S/C8H11N3O4S2/c9-17(14,15)5-3-4(6(11-5)8(12)13)7-10-1-2-16-7/h1-2,4-6,11H,3H2,(H,12,13)(H2,9,14,15)/t4?,5?,6-/m0/s1. The summed E-state index contributed by atoms with van der Waals surface area (Å²) in [6.07, 6.45) is 1.69. The first-order valence-electron chi connectivity index (χ1n) is 4.79. The second-order valence-electron chi connectivity index (χ2n) is 3.77. The monoisotopic (exact) mass is 277 g/mol. The normalized spacial score (nSPS) is 29.4. The van der Waals surface area contributed by atoms with Crippen LogP contribution in [0.3, 0.4) is 0 Å². The van der Waals surface area contributed by atoms with Gasteiger partial charge in [0.05, 0.1) is 5.01 Å². The van der Waals surface area contributed by atoms with Gasteiger partial charge in [0.15, 0.2) is 0 Å². The molecule has 4 N–H and O–H groups in total. The van der Waals surface area contributed by atoms with Crippen LogP contribution in [0.2, 0.25) is 0 Å². The van der Waals surface area contributed by atoms with Crippen molar-refractivity contribution < 1.29 is 18.3 Å². The van der Waals surface area contributed by atoms with Crippen LogP contribution in [0.5, 0.6) is 0 Å². The number of aliphatic carboxylic acids is 1. The van der Waals surface area contributed by atoms with Crippen molar-refractivity contribution in [1.82, 2.24) is 10.3 Å². The zero-order chi connectivity index (χ0) is 12.6. The number of nitrogens with one attached hydrogen (secondary N) is 1. The van der Waals surface area contributed by atoms with E-state index in [1.54, 1.807) is 11.6 Å². The molecule has 1 aliphatic heterocycles. The number of aromatic nitrogens is 1. The highest BCUT2D eigenvalue weighted by Gasteiger charge is 2.44. The molecular formula is C8H11N3O4S2. The first kappa shape index (κ1) is 12.4. The Kier molecular flexibility index (Phi) is 3.17. The van der Waals surface area contributed by atoms with E-state index in [9.17, 15) is 13.2 Å². The van der Waals surface area contributed by atoms with E-state index in [2.05, 4.69) is 10.3 Å². The minimum absolute atomic E-state index is 0.128. The average Bonchev–Trinajstić information content (AvgIpc) is 2.85. The lowest BCUT2D eigenvalue weighted by atomic mass is 10.0. The number of carbonyl (C=O) groups is 1. The van der Waals surface area contributed by atoms with Crippen molar-refractivity contribution >= 4 is 27.3 Å². The lowest BCUT2D eigenvalue weighted by molar-refractivity contribution is -0.139. The quantitative estimate of drug-likeness (QED) is 0.670. The molecule has 17 heavy (non-hydrogen) atoms. The molecule has 0 amide bonds. The van der Waals surface area contributed by atoms with Gasteiger partial charge in [-0.15, -0.1) is 11.3 Å². The second kappa shape index (κ2) is 4.33. The minimum Gasteiger partial charge on any atom is -0.480 e. The molecule has 2 rings (SSSR count). The molecule has 0 spiro atoms. The van der Waals surface area contributed by atoms with Crippen molar-refractivity contribution in [1.29, 1.82) is 0 Å². The van der Waals surface area contributed by atoms with Crippen LogP contribution in [0.4, 0.5) is 0 Å². The van der Waals surface area contributed by atoms with Crippen molar-refractivity contribution in [3.8, 4) is 0 Å². The van der Waals surface area contributed by atoms with Gasteiger partial charge in [-0.3, -0.25) is 10.1 Å². The lowest BCUT2D eigenvalue weighted by Crippen LogP contribution is -2.42. The molecule has 0 aromatic carbocycles. The van der Waals surface area contributed by atoms with E-state index in [-0.39, 0.29) is 6.42 Å². The Morgan fingerprint density at radius 2 is 2.35 bits per heavy atom. The third-order valence-electron chi connectivity index (χ3n) is 2.67. The van der Waals surface area contributed by atoms with Crippen LogP contribution in [0.1, 0.15) is 17.3 Å². The fourth-order valence-corrected chi connectivity index (χ4v) is 3.49. The summed E-state index contributed by atoms with van der Waals surface area (Å²) in [4.78, 5) is 15.1. The Hall–Kier alpha value is -1.03. The molecule has 2 unspecified atom stereocenters. The molecule has 0 radical (unpaired) electrons. The molecule has 7 nitrogen and oxygen atoms in total. The number of carboxylic acid groups (broad SMARTS) is 1. The van der Waals surface area contributed by atoms with Gasteiger partial charge in [-0.05, 0) is 6.42 Å². The number of hydrogen-bond donors (Lipinski definition) is 3. The molecule has 94 valence electrons. The fourth-order valence-electron chi connectivity index (χ4n) is 1.88. The van der Waals surface area contributed by atoms with Crippen molar-refractivity contribution in [2.75, 3.05) is 0 Å². The molecule has 9 heteroatoms. The van der Waals surface area contributed by atoms with Gasteiger partial charge in [-0.25, -0.2) is 18.5 Å². The number of sulfonamides is 1. The highest BCUT2D eigenvalue weighted by atomic mass is 32.2. The molecular weight excluding hydrogens is 266 g/mol. The summed E-state index contributed by atoms with van der Waals surface area (Å²) in [7, 11) is -3.79. The topological polar surface area (TPSA) is 122 Å². The van der Waals surface area contributed by atoms with Crippen LogP contribution in [0.15, 0.2) is 11.6 Å². The van der Waals surface area contributed by atoms with E-state index in [1.807, 2.05) is 0 Å². The van der Waals surface area contributed by atoms with Gasteiger partial charge < -0.3 is 5.11 Å². The highest BCUT2D eigenvalue weighted by molar-refractivity contribution is 7.89. The van der Waals surface area contributed by atoms with Gasteiger partial charge in [0.2, 0.25) is 10.0 Å². The summed E-state index contributed by atoms with van der Waals surface area (Å²) in [5.41, 5.74) is 0. The Bertz CT molecular complexity index is 513. The summed E-state index contributed by atoms with van der Waals surface area (Å²) in [6.45, 7) is 0. The maximum absolute atomic E-state index is 11.2. The summed E-state index contributed by atoms with van der Waals surface area (Å²) in [5, 5.41) is 17.9. The molecule has 1 aliphatic rings. The zero-order valence-electron chi connectivity index (χ0n) is 8.61. The Labute approximate surface area is 102 Å². The van der Waals surface area contributed by atoms with Crippen LogP contribution in [0.25, 0.3) is 0 Å². The number of hydrogen-bond acceptors (Lipinski definition) is 6. The minimum atomic E-state index is -3.79. The van der Waals surface area contributed by atoms with E-state index >= 15 is 0 Å². The van der Waals surface area contributed by atoms with Gasteiger partial charge in [-0.2, -0.15) is 0 Å². The fraction of sp³-hybridized carbons (Fsp3) is 0.500. The molecule has 1 saturated heterocycles. The Morgan fingerprint density at radius 1 is 1.65 bits per heavy atom. The highest BCUT2D eigenvalue weighted by Crippen LogP contribution is 2.33. The Morgan fingerprint density at radius 3 is 2.82 bits per heavy atom. The third-order valence-corrected chi connectivity index (χ3v) is 4.70. The van der Waals surface area contributed by atoms with Gasteiger partial charge in [0, 0.05) is 17.5 Å². The number of primary sulfonamides is 1. The number of carboxylic acids is 1. The molecule has 1 aromatic rings. The number of nitrogens with two attached hydrogens (primary N) is 1. The SMILES string of the molecule is NS(=O)(=O)C1CC(c2nccs2)[C@@H](C(=O)O)N1. The van der Waals surface area contributed by atoms with Gasteiger partial charge in [-0.1, -0.05) is 0 Å². The molecule has 0 bridgehead atoms. The maximum atomic E-state index is 11.2. The van der Waals surface area contributed by atoms with Crippen LogP contribution in [-0.4, -0.2) is 35.9 Å². The molecule has 1 fully saturated rings. The van der Waals surface area contributed by atoms with E-state index in [0.29, 0.717) is 5.01 Å².